The van der Waals surface area contributed by atoms with E-state index in [0.717, 1.165) is 32.4 Å². The van der Waals surface area contributed by atoms with Gasteiger partial charge in [-0.1, -0.05) is 29.3 Å². The summed E-state index contributed by atoms with van der Waals surface area (Å²) in [5, 5.41) is 0. The Bertz CT molecular complexity index is 483. The van der Waals surface area contributed by atoms with Gasteiger partial charge in [0.15, 0.2) is 0 Å². The molecule has 0 unspecified atom stereocenters. The highest BCUT2D eigenvalue weighted by Crippen LogP contribution is 2.30. The monoisotopic (exact) mass is 449 g/mol. The lowest BCUT2D eigenvalue weighted by Crippen LogP contribution is -2.39. The first-order chi connectivity index (χ1) is 9.52. The second kappa shape index (κ2) is 7.25. The average molecular weight is 450 g/mol. The van der Waals surface area contributed by atoms with E-state index in [1.54, 1.807) is 0 Å². The molecule has 1 aromatic rings. The lowest BCUT2D eigenvalue weighted by molar-refractivity contribution is 0.0673. The molecule has 0 bridgehead atoms. The molecule has 1 fully saturated rings. The Labute approximate surface area is 143 Å². The Balaban J connectivity index is 2.07. The fraction of sp³-hybridized carbons (Fsp3) is 0.562. The van der Waals surface area contributed by atoms with E-state index in [1.807, 2.05) is 30.1 Å². The zero-order valence-electron chi connectivity index (χ0n) is 12.0. The summed E-state index contributed by atoms with van der Waals surface area (Å²) in [5.74, 6) is 1.01. The number of carbonyl (C=O) groups excluding carboxylic acids is 1. The van der Waals surface area contributed by atoms with E-state index in [4.69, 9.17) is 0 Å². The molecule has 0 aliphatic heterocycles. The maximum Gasteiger partial charge on any atom is 0.254 e. The van der Waals surface area contributed by atoms with Gasteiger partial charge in [0.25, 0.3) is 5.91 Å². The van der Waals surface area contributed by atoms with Crippen molar-refractivity contribution in [2.45, 2.75) is 45.1 Å². The molecule has 0 spiro atoms. The second-order valence-corrected chi connectivity index (χ2v) is 7.70. The van der Waals surface area contributed by atoms with Gasteiger partial charge in [-0.25, -0.2) is 0 Å². The van der Waals surface area contributed by atoms with Gasteiger partial charge in [-0.2, -0.15) is 0 Å². The molecule has 0 saturated heterocycles. The van der Waals surface area contributed by atoms with Crippen LogP contribution in [-0.4, -0.2) is 23.9 Å². The predicted molar refractivity (Wildman–Crippen MR) is 95.0 cm³/mol. The van der Waals surface area contributed by atoms with E-state index in [9.17, 15) is 4.79 Å². The molecule has 1 saturated carbocycles. The summed E-state index contributed by atoms with van der Waals surface area (Å²) in [6.45, 7) is 2.27. The SMILES string of the molecule is CCC1CCC(N(C)C(=O)c2cc(Br)ccc2I)CC1. The van der Waals surface area contributed by atoms with Gasteiger partial charge in [0.05, 0.1) is 5.56 Å². The van der Waals surface area contributed by atoms with E-state index in [2.05, 4.69) is 45.4 Å². The molecular weight excluding hydrogens is 429 g/mol. The van der Waals surface area contributed by atoms with E-state index in [-0.39, 0.29) is 5.91 Å². The van der Waals surface area contributed by atoms with Crippen molar-refractivity contribution in [3.8, 4) is 0 Å². The van der Waals surface area contributed by atoms with E-state index < -0.39 is 0 Å². The van der Waals surface area contributed by atoms with Crippen LogP contribution in [0.1, 0.15) is 49.4 Å². The molecule has 0 aromatic heterocycles. The fourth-order valence-electron chi connectivity index (χ4n) is 2.96. The summed E-state index contributed by atoms with van der Waals surface area (Å²) in [7, 11) is 1.95. The minimum Gasteiger partial charge on any atom is -0.339 e. The molecule has 1 aliphatic carbocycles. The predicted octanol–water partition coefficient (Wildman–Crippen LogP) is 5.09. The highest BCUT2D eigenvalue weighted by molar-refractivity contribution is 14.1. The molecule has 110 valence electrons. The Kier molecular flexibility index (Phi) is 5.90. The van der Waals surface area contributed by atoms with Crippen LogP contribution < -0.4 is 0 Å². The van der Waals surface area contributed by atoms with E-state index >= 15 is 0 Å². The third-order valence-electron chi connectivity index (χ3n) is 4.42. The third-order valence-corrected chi connectivity index (χ3v) is 5.85. The number of halogens is 2. The van der Waals surface area contributed by atoms with E-state index in [0.29, 0.717) is 6.04 Å². The van der Waals surface area contributed by atoms with Gasteiger partial charge < -0.3 is 4.90 Å². The van der Waals surface area contributed by atoms with Crippen molar-refractivity contribution in [1.82, 2.24) is 4.90 Å². The molecule has 1 aromatic carbocycles. The summed E-state index contributed by atoms with van der Waals surface area (Å²) in [6.07, 6.45) is 6.08. The van der Waals surface area contributed by atoms with Crippen molar-refractivity contribution in [3.63, 3.8) is 0 Å². The Hall–Kier alpha value is -0.100. The largest absolute Gasteiger partial charge is 0.339 e. The molecule has 1 aliphatic rings. The summed E-state index contributed by atoms with van der Waals surface area (Å²) in [5.41, 5.74) is 0.806. The standard InChI is InChI=1S/C16H21BrINO/c1-3-11-4-7-13(8-5-11)19(2)16(20)14-10-12(17)6-9-15(14)18/h6,9-11,13H,3-5,7-8H2,1-2H3. The molecule has 0 atom stereocenters. The van der Waals surface area contributed by atoms with Crippen molar-refractivity contribution in [2.75, 3.05) is 7.05 Å². The molecule has 1 amide bonds. The van der Waals surface area contributed by atoms with Crippen molar-refractivity contribution >= 4 is 44.4 Å². The first-order valence-electron chi connectivity index (χ1n) is 7.25. The Morgan fingerprint density at radius 1 is 1.35 bits per heavy atom. The van der Waals surface area contributed by atoms with Crippen molar-refractivity contribution in [3.05, 3.63) is 31.8 Å². The number of nitrogens with zero attached hydrogens (tertiary/aromatic N) is 1. The van der Waals surface area contributed by atoms with Crippen LogP contribution in [0.25, 0.3) is 0 Å². The molecule has 0 heterocycles. The Morgan fingerprint density at radius 3 is 2.60 bits per heavy atom. The van der Waals surface area contributed by atoms with Crippen LogP contribution in [-0.2, 0) is 0 Å². The molecule has 0 N–H and O–H groups in total. The molecule has 2 rings (SSSR count). The van der Waals surface area contributed by atoms with Gasteiger partial charge in [-0.15, -0.1) is 0 Å². The van der Waals surface area contributed by atoms with Crippen LogP contribution in [0.3, 0.4) is 0 Å². The smallest absolute Gasteiger partial charge is 0.254 e. The van der Waals surface area contributed by atoms with Crippen LogP contribution >= 0.6 is 38.5 Å². The quantitative estimate of drug-likeness (QED) is 0.588. The fourth-order valence-corrected chi connectivity index (χ4v) is 3.88. The number of amides is 1. The number of carbonyl (C=O) groups is 1. The second-order valence-electron chi connectivity index (χ2n) is 5.62. The van der Waals surface area contributed by atoms with Crippen molar-refractivity contribution < 1.29 is 4.79 Å². The molecule has 4 heteroatoms. The number of rotatable bonds is 3. The van der Waals surface area contributed by atoms with Gasteiger partial charge in [-0.3, -0.25) is 4.79 Å². The zero-order chi connectivity index (χ0) is 14.7. The van der Waals surface area contributed by atoms with Gasteiger partial charge in [0.2, 0.25) is 0 Å². The van der Waals surface area contributed by atoms with Crippen molar-refractivity contribution in [2.24, 2.45) is 5.92 Å². The van der Waals surface area contributed by atoms with Gasteiger partial charge in [-0.05, 0) is 72.4 Å². The lowest BCUT2D eigenvalue weighted by atomic mass is 9.84. The number of benzene rings is 1. The zero-order valence-corrected chi connectivity index (χ0v) is 15.8. The highest BCUT2D eigenvalue weighted by Gasteiger charge is 2.27. The van der Waals surface area contributed by atoms with Crippen LogP contribution in [0.2, 0.25) is 0 Å². The summed E-state index contributed by atoms with van der Waals surface area (Å²) < 4.78 is 1.98. The summed E-state index contributed by atoms with van der Waals surface area (Å²) in [4.78, 5) is 14.6. The van der Waals surface area contributed by atoms with Crippen LogP contribution in [0.4, 0.5) is 0 Å². The van der Waals surface area contributed by atoms with Crippen LogP contribution in [0.5, 0.6) is 0 Å². The number of hydrogen-bond donors (Lipinski definition) is 0. The van der Waals surface area contributed by atoms with Gasteiger partial charge in [0.1, 0.15) is 0 Å². The minimum absolute atomic E-state index is 0.149. The highest BCUT2D eigenvalue weighted by atomic mass is 127. The summed E-state index contributed by atoms with van der Waals surface area (Å²) >= 11 is 5.69. The molecule has 2 nitrogen and oxygen atoms in total. The normalized spacial score (nSPS) is 22.6. The summed E-state index contributed by atoms with van der Waals surface area (Å²) in [6, 6.07) is 6.29. The first kappa shape index (κ1) is 16.3. The van der Waals surface area contributed by atoms with E-state index in [1.165, 1.54) is 19.3 Å². The lowest BCUT2D eigenvalue weighted by Gasteiger charge is -2.34. The third kappa shape index (κ3) is 3.75. The molecule has 20 heavy (non-hydrogen) atoms. The van der Waals surface area contributed by atoms with Crippen molar-refractivity contribution in [1.29, 1.82) is 0 Å². The molecule has 0 radical (unpaired) electrons. The van der Waals surface area contributed by atoms with Crippen LogP contribution in [0.15, 0.2) is 22.7 Å². The minimum atomic E-state index is 0.149. The number of hydrogen-bond acceptors (Lipinski definition) is 1. The topological polar surface area (TPSA) is 20.3 Å². The maximum absolute atomic E-state index is 12.7. The first-order valence-corrected chi connectivity index (χ1v) is 9.12. The Morgan fingerprint density at radius 2 is 2.00 bits per heavy atom. The van der Waals surface area contributed by atoms with Crippen LogP contribution in [0, 0.1) is 9.49 Å². The average Bonchev–Trinajstić information content (AvgIpc) is 2.48. The van der Waals surface area contributed by atoms with Gasteiger partial charge >= 0.3 is 0 Å². The maximum atomic E-state index is 12.7. The van der Waals surface area contributed by atoms with Gasteiger partial charge in [0, 0.05) is 21.1 Å². The molecular formula is C16H21BrINO.